The van der Waals surface area contributed by atoms with Crippen LogP contribution in [-0.4, -0.2) is 66.3 Å². The van der Waals surface area contributed by atoms with Crippen molar-refractivity contribution in [2.24, 2.45) is 0 Å². The third-order valence-corrected chi connectivity index (χ3v) is 6.73. The lowest BCUT2D eigenvalue weighted by atomic mass is 10.1. The van der Waals surface area contributed by atoms with Gasteiger partial charge in [-0.25, -0.2) is 9.18 Å². The average molecular weight is 495 g/mol. The molecule has 2 N–H and O–H groups in total. The minimum absolute atomic E-state index is 0.0805. The molecular formula is C26H27FN4O5. The van der Waals surface area contributed by atoms with E-state index in [4.69, 9.17) is 4.74 Å². The lowest BCUT2D eigenvalue weighted by molar-refractivity contribution is -0.117. The quantitative estimate of drug-likeness (QED) is 0.521. The highest BCUT2D eigenvalue weighted by molar-refractivity contribution is 5.94. The summed E-state index contributed by atoms with van der Waals surface area (Å²) in [6.45, 7) is 2.39. The van der Waals surface area contributed by atoms with E-state index in [2.05, 4.69) is 5.32 Å². The number of ether oxygens (including phenoxy) is 1. The van der Waals surface area contributed by atoms with Gasteiger partial charge in [0.05, 0.1) is 24.9 Å². The third kappa shape index (κ3) is 4.76. The first-order valence-corrected chi connectivity index (χ1v) is 11.9. The summed E-state index contributed by atoms with van der Waals surface area (Å²) in [5.74, 6) is -1.29. The van der Waals surface area contributed by atoms with Crippen LogP contribution < -0.4 is 20.4 Å². The van der Waals surface area contributed by atoms with Gasteiger partial charge in [-0.1, -0.05) is 0 Å². The maximum atomic E-state index is 15.1. The molecule has 3 aromatic rings. The Hall–Kier alpha value is -3.92. The zero-order valence-corrected chi connectivity index (χ0v) is 19.9. The number of rotatable bonds is 7. The maximum Gasteiger partial charge on any atom is 0.341 e. The van der Waals surface area contributed by atoms with Crippen LogP contribution in [0.1, 0.15) is 29.2 Å². The van der Waals surface area contributed by atoms with Crippen LogP contribution in [0.5, 0.6) is 5.75 Å². The number of carbonyl (C=O) groups excluding carboxylic acids is 1. The van der Waals surface area contributed by atoms with Crippen LogP contribution in [0.2, 0.25) is 0 Å². The van der Waals surface area contributed by atoms with Crippen LogP contribution in [0.4, 0.5) is 15.8 Å². The van der Waals surface area contributed by atoms with Gasteiger partial charge in [0.1, 0.15) is 17.1 Å². The van der Waals surface area contributed by atoms with Crippen molar-refractivity contribution in [2.75, 3.05) is 50.1 Å². The molecule has 0 atom stereocenters. The number of hydrogen-bond acceptors (Lipinski definition) is 6. The molecule has 0 radical (unpaired) electrons. The number of methoxy groups -OCH3 is 1. The number of nitrogens with one attached hydrogen (secondary N) is 1. The van der Waals surface area contributed by atoms with E-state index in [9.17, 15) is 19.5 Å². The monoisotopic (exact) mass is 494 g/mol. The van der Waals surface area contributed by atoms with Crippen LogP contribution in [0, 0.1) is 5.82 Å². The van der Waals surface area contributed by atoms with E-state index in [0.717, 1.165) is 18.9 Å². The summed E-state index contributed by atoms with van der Waals surface area (Å²) in [7, 11) is 1.58. The van der Waals surface area contributed by atoms with Crippen molar-refractivity contribution in [3.8, 4) is 5.75 Å². The topological polar surface area (TPSA) is 104 Å². The van der Waals surface area contributed by atoms with Crippen molar-refractivity contribution in [1.82, 2.24) is 9.47 Å². The molecular weight excluding hydrogens is 467 g/mol. The van der Waals surface area contributed by atoms with Crippen molar-refractivity contribution in [1.29, 1.82) is 0 Å². The number of pyridine rings is 1. The number of halogens is 1. The summed E-state index contributed by atoms with van der Waals surface area (Å²) < 4.78 is 22.1. The predicted octanol–water partition coefficient (Wildman–Crippen LogP) is 2.94. The molecule has 1 saturated carbocycles. The predicted molar refractivity (Wildman–Crippen MR) is 134 cm³/mol. The van der Waals surface area contributed by atoms with Crippen molar-refractivity contribution in [2.45, 2.75) is 18.9 Å². The van der Waals surface area contributed by atoms with Crippen LogP contribution in [-0.2, 0) is 4.79 Å². The number of carbonyl (C=O) groups is 2. The first-order chi connectivity index (χ1) is 17.3. The molecule has 1 aromatic heterocycles. The van der Waals surface area contributed by atoms with Crippen molar-refractivity contribution in [3.05, 3.63) is 64.2 Å². The number of nitrogens with zero attached hydrogens (tertiary/aromatic N) is 3. The Kier molecular flexibility index (Phi) is 6.36. The lowest BCUT2D eigenvalue weighted by Crippen LogP contribution is -2.49. The van der Waals surface area contributed by atoms with E-state index in [0.29, 0.717) is 48.8 Å². The number of carboxylic acid groups (broad SMARTS) is 1. The number of piperazine rings is 1. The second kappa shape index (κ2) is 9.62. The second-order valence-electron chi connectivity index (χ2n) is 9.18. The molecule has 36 heavy (non-hydrogen) atoms. The molecule has 0 bridgehead atoms. The van der Waals surface area contributed by atoms with Crippen molar-refractivity contribution in [3.63, 3.8) is 0 Å². The smallest absolute Gasteiger partial charge is 0.341 e. The summed E-state index contributed by atoms with van der Waals surface area (Å²) in [6.07, 6.45) is 3.16. The summed E-state index contributed by atoms with van der Waals surface area (Å²) in [5.41, 5.74) is 0.591. The molecule has 1 aliphatic carbocycles. The molecule has 1 amide bonds. The number of hydrogen-bond donors (Lipinski definition) is 2. The number of carboxylic acids is 1. The minimum Gasteiger partial charge on any atom is -0.497 e. The summed E-state index contributed by atoms with van der Waals surface area (Å²) >= 11 is 0. The molecule has 10 heteroatoms. The van der Waals surface area contributed by atoms with Gasteiger partial charge in [-0.15, -0.1) is 0 Å². The Labute approximate surface area is 206 Å². The van der Waals surface area contributed by atoms with Gasteiger partial charge >= 0.3 is 5.97 Å². The fourth-order valence-corrected chi connectivity index (χ4v) is 4.63. The Balaban J connectivity index is 1.29. The summed E-state index contributed by atoms with van der Waals surface area (Å²) in [4.78, 5) is 40.6. The van der Waals surface area contributed by atoms with E-state index in [-0.39, 0.29) is 29.4 Å². The number of amides is 1. The molecule has 2 aromatic carbocycles. The number of anilines is 2. The maximum absolute atomic E-state index is 15.1. The molecule has 2 heterocycles. The van der Waals surface area contributed by atoms with Crippen LogP contribution in [0.15, 0.2) is 47.4 Å². The van der Waals surface area contributed by atoms with Gasteiger partial charge in [-0.3, -0.25) is 14.5 Å². The zero-order valence-electron chi connectivity index (χ0n) is 19.9. The molecule has 0 spiro atoms. The van der Waals surface area contributed by atoms with Gasteiger partial charge in [0, 0.05) is 49.5 Å². The van der Waals surface area contributed by atoms with Crippen molar-refractivity contribution < 1.29 is 23.8 Å². The van der Waals surface area contributed by atoms with E-state index in [1.54, 1.807) is 42.0 Å². The molecule has 188 valence electrons. The number of aromatic nitrogens is 1. The number of benzene rings is 2. The highest BCUT2D eigenvalue weighted by Gasteiger charge is 2.28. The Morgan fingerprint density at radius 2 is 1.81 bits per heavy atom. The van der Waals surface area contributed by atoms with E-state index in [1.165, 1.54) is 6.20 Å². The Bertz CT molecular complexity index is 1380. The summed E-state index contributed by atoms with van der Waals surface area (Å²) in [6, 6.07) is 10.0. The van der Waals surface area contributed by atoms with Crippen LogP contribution in [0.25, 0.3) is 10.9 Å². The molecule has 0 unspecified atom stereocenters. The third-order valence-electron chi connectivity index (χ3n) is 6.73. The largest absolute Gasteiger partial charge is 0.497 e. The van der Waals surface area contributed by atoms with Gasteiger partial charge < -0.3 is 24.6 Å². The second-order valence-corrected chi connectivity index (χ2v) is 9.18. The molecule has 1 saturated heterocycles. The normalized spacial score (nSPS) is 16.2. The van der Waals surface area contributed by atoms with Crippen molar-refractivity contribution >= 4 is 34.2 Å². The lowest BCUT2D eigenvalue weighted by Gasteiger charge is -2.36. The average Bonchev–Trinajstić information content (AvgIpc) is 3.70. The fourth-order valence-electron chi connectivity index (χ4n) is 4.63. The summed E-state index contributed by atoms with van der Waals surface area (Å²) in [5, 5.41) is 12.4. The first-order valence-electron chi connectivity index (χ1n) is 11.9. The highest BCUT2D eigenvalue weighted by atomic mass is 19.1. The van der Waals surface area contributed by atoms with Gasteiger partial charge in [0.2, 0.25) is 11.3 Å². The van der Waals surface area contributed by atoms with E-state index < -0.39 is 17.2 Å². The Morgan fingerprint density at radius 3 is 2.42 bits per heavy atom. The van der Waals surface area contributed by atoms with Crippen LogP contribution >= 0.6 is 0 Å². The van der Waals surface area contributed by atoms with Gasteiger partial charge in [0.15, 0.2) is 0 Å². The zero-order chi connectivity index (χ0) is 25.4. The minimum atomic E-state index is -1.31. The standard InChI is InChI=1S/C26H27FN4O5/c1-36-18-6-2-16(3-7-18)28-24(32)15-29-8-10-30(11-9-29)23-13-22-19(12-21(23)27)25(33)20(26(34)35)14-31(22)17-4-5-17/h2-3,6-7,12-14,17H,4-5,8-11,15H2,1H3,(H,28,32)(H,34,35). The Morgan fingerprint density at radius 1 is 1.11 bits per heavy atom. The molecule has 1 aliphatic heterocycles. The fraction of sp³-hybridized carbons (Fsp3) is 0.346. The van der Waals surface area contributed by atoms with Crippen LogP contribution in [0.3, 0.4) is 0 Å². The van der Waals surface area contributed by atoms with Gasteiger partial charge in [0.25, 0.3) is 0 Å². The highest BCUT2D eigenvalue weighted by Crippen LogP contribution is 2.38. The number of aromatic carboxylic acids is 1. The molecule has 2 fully saturated rings. The molecule has 2 aliphatic rings. The molecule has 9 nitrogen and oxygen atoms in total. The first kappa shape index (κ1) is 23.8. The number of fused-ring (bicyclic) bond motifs is 1. The molecule has 5 rings (SSSR count). The van der Waals surface area contributed by atoms with Gasteiger partial charge in [-0.2, -0.15) is 0 Å². The van der Waals surface area contributed by atoms with E-state index in [1.807, 2.05) is 9.80 Å². The SMILES string of the molecule is COc1ccc(NC(=O)CN2CCN(c3cc4c(cc3F)c(=O)c(C(=O)O)cn4C3CC3)CC2)cc1. The van der Waals surface area contributed by atoms with E-state index >= 15 is 4.39 Å². The van der Waals surface area contributed by atoms with Gasteiger partial charge in [-0.05, 0) is 49.2 Å².